The Balaban J connectivity index is 1.39. The number of aryl methyl sites for hydroxylation is 1. The van der Waals surface area contributed by atoms with Crippen molar-refractivity contribution in [2.45, 2.75) is 44.2 Å². The van der Waals surface area contributed by atoms with E-state index in [0.29, 0.717) is 13.1 Å². The topological polar surface area (TPSA) is 79.3 Å². The molecule has 1 aromatic heterocycles. The van der Waals surface area contributed by atoms with Gasteiger partial charge in [0.2, 0.25) is 0 Å². The molecule has 0 bridgehead atoms. The number of benzene rings is 1. The van der Waals surface area contributed by atoms with Crippen LogP contribution in [-0.4, -0.2) is 58.7 Å². The molecule has 0 spiro atoms. The van der Waals surface area contributed by atoms with E-state index in [2.05, 4.69) is 15.7 Å². The molecule has 1 aromatic carbocycles. The fraction of sp³-hybridized carbons (Fsp3) is 0.500. The third-order valence-electron chi connectivity index (χ3n) is 6.28. The standard InChI is InChI=1S/C22H29N5O2/c1-17-5-2-3-6-19(17)20(28)25-18-7-15-26(16-8-18)21(29)22(9-12-23-13-10-22)27-14-4-11-24-27/h2-6,11,14,18,23H,7-10,12-13,15-16H2,1H3,(H,25,28). The monoisotopic (exact) mass is 395 g/mol. The predicted molar refractivity (Wildman–Crippen MR) is 111 cm³/mol. The van der Waals surface area contributed by atoms with Crippen molar-refractivity contribution in [3.63, 3.8) is 0 Å². The van der Waals surface area contributed by atoms with E-state index < -0.39 is 5.54 Å². The molecule has 0 aliphatic carbocycles. The van der Waals surface area contributed by atoms with Crippen LogP contribution in [0.15, 0.2) is 42.7 Å². The van der Waals surface area contributed by atoms with Gasteiger partial charge in [-0.2, -0.15) is 5.10 Å². The smallest absolute Gasteiger partial charge is 0.251 e. The number of nitrogens with one attached hydrogen (secondary N) is 2. The summed E-state index contributed by atoms with van der Waals surface area (Å²) in [7, 11) is 0. The second kappa shape index (κ2) is 8.37. The van der Waals surface area contributed by atoms with Crippen LogP contribution in [0.2, 0.25) is 0 Å². The summed E-state index contributed by atoms with van der Waals surface area (Å²) in [5.41, 5.74) is 1.11. The molecule has 0 atom stereocenters. The Hall–Kier alpha value is -2.67. The Morgan fingerprint density at radius 3 is 2.52 bits per heavy atom. The van der Waals surface area contributed by atoms with Crippen LogP contribution in [0.5, 0.6) is 0 Å². The molecule has 2 aliphatic rings. The number of carbonyl (C=O) groups excluding carboxylic acids is 2. The zero-order chi connectivity index (χ0) is 20.3. The number of amides is 2. The Morgan fingerprint density at radius 1 is 1.14 bits per heavy atom. The van der Waals surface area contributed by atoms with Crippen LogP contribution in [0, 0.1) is 6.92 Å². The number of likely N-dealkylation sites (tertiary alicyclic amines) is 1. The highest BCUT2D eigenvalue weighted by molar-refractivity contribution is 5.95. The molecule has 2 N–H and O–H groups in total. The quantitative estimate of drug-likeness (QED) is 0.826. The normalized spacial score (nSPS) is 19.7. The highest BCUT2D eigenvalue weighted by atomic mass is 16.2. The van der Waals surface area contributed by atoms with Gasteiger partial charge in [0.1, 0.15) is 5.54 Å². The zero-order valence-corrected chi connectivity index (χ0v) is 16.9. The van der Waals surface area contributed by atoms with Gasteiger partial charge in [-0.15, -0.1) is 0 Å². The van der Waals surface area contributed by atoms with Crippen LogP contribution < -0.4 is 10.6 Å². The number of aromatic nitrogens is 2. The molecule has 154 valence electrons. The van der Waals surface area contributed by atoms with E-state index in [0.717, 1.165) is 49.9 Å². The maximum atomic E-state index is 13.5. The van der Waals surface area contributed by atoms with Gasteiger partial charge in [0.05, 0.1) is 0 Å². The maximum Gasteiger partial charge on any atom is 0.251 e. The first-order chi connectivity index (χ1) is 14.1. The molecule has 2 fully saturated rings. The summed E-state index contributed by atoms with van der Waals surface area (Å²) < 4.78 is 1.85. The lowest BCUT2D eigenvalue weighted by atomic mass is 9.86. The number of hydrogen-bond donors (Lipinski definition) is 2. The van der Waals surface area contributed by atoms with E-state index in [-0.39, 0.29) is 17.9 Å². The van der Waals surface area contributed by atoms with Crippen molar-refractivity contribution in [3.8, 4) is 0 Å². The van der Waals surface area contributed by atoms with E-state index in [4.69, 9.17) is 0 Å². The zero-order valence-electron chi connectivity index (χ0n) is 16.9. The number of carbonyl (C=O) groups is 2. The highest BCUT2D eigenvalue weighted by Crippen LogP contribution is 2.30. The van der Waals surface area contributed by atoms with Gasteiger partial charge in [0, 0.05) is 37.1 Å². The molecule has 0 radical (unpaired) electrons. The fourth-order valence-corrected chi connectivity index (χ4v) is 4.52. The summed E-state index contributed by atoms with van der Waals surface area (Å²) >= 11 is 0. The van der Waals surface area contributed by atoms with Crippen LogP contribution in [0.4, 0.5) is 0 Å². The van der Waals surface area contributed by atoms with E-state index in [1.54, 1.807) is 6.20 Å². The van der Waals surface area contributed by atoms with Crippen LogP contribution in [-0.2, 0) is 10.3 Å². The molecule has 0 unspecified atom stereocenters. The molecule has 4 rings (SSSR count). The molecule has 2 amide bonds. The largest absolute Gasteiger partial charge is 0.349 e. The molecule has 0 saturated carbocycles. The molecule has 2 saturated heterocycles. The van der Waals surface area contributed by atoms with Crippen LogP contribution >= 0.6 is 0 Å². The summed E-state index contributed by atoms with van der Waals surface area (Å²) in [5, 5.41) is 10.9. The molecule has 2 aliphatic heterocycles. The Morgan fingerprint density at radius 2 is 1.86 bits per heavy atom. The average molecular weight is 396 g/mol. The van der Waals surface area contributed by atoms with Gasteiger partial charge >= 0.3 is 0 Å². The van der Waals surface area contributed by atoms with E-state index in [1.807, 2.05) is 53.0 Å². The van der Waals surface area contributed by atoms with Gasteiger partial charge in [-0.05, 0) is 63.4 Å². The summed E-state index contributed by atoms with van der Waals surface area (Å²) in [4.78, 5) is 28.1. The molecule has 2 aromatic rings. The minimum atomic E-state index is -0.591. The van der Waals surface area contributed by atoms with Crippen molar-refractivity contribution in [2.75, 3.05) is 26.2 Å². The lowest BCUT2D eigenvalue weighted by molar-refractivity contribution is -0.144. The number of nitrogens with zero attached hydrogens (tertiary/aromatic N) is 3. The van der Waals surface area contributed by atoms with Crippen molar-refractivity contribution in [1.82, 2.24) is 25.3 Å². The molecule has 7 heteroatoms. The first kappa shape index (κ1) is 19.6. The second-order valence-electron chi connectivity index (χ2n) is 8.09. The maximum absolute atomic E-state index is 13.5. The summed E-state index contributed by atoms with van der Waals surface area (Å²) in [6.07, 6.45) is 6.69. The van der Waals surface area contributed by atoms with Crippen molar-refractivity contribution in [1.29, 1.82) is 0 Å². The van der Waals surface area contributed by atoms with Crippen molar-refractivity contribution in [2.24, 2.45) is 0 Å². The van der Waals surface area contributed by atoms with Crippen LogP contribution in [0.25, 0.3) is 0 Å². The SMILES string of the molecule is Cc1ccccc1C(=O)NC1CCN(C(=O)C2(n3cccn3)CCNCC2)CC1. The lowest BCUT2D eigenvalue weighted by Gasteiger charge is -2.42. The van der Waals surface area contributed by atoms with Gasteiger partial charge in [0.15, 0.2) is 0 Å². The van der Waals surface area contributed by atoms with Crippen molar-refractivity contribution in [3.05, 3.63) is 53.9 Å². The third kappa shape index (κ3) is 3.92. The second-order valence-corrected chi connectivity index (χ2v) is 8.09. The summed E-state index contributed by atoms with van der Waals surface area (Å²) in [5.74, 6) is 0.130. The van der Waals surface area contributed by atoms with Crippen LogP contribution in [0.3, 0.4) is 0 Å². The first-order valence-corrected chi connectivity index (χ1v) is 10.5. The Bertz CT molecular complexity index is 850. The molecule has 29 heavy (non-hydrogen) atoms. The van der Waals surface area contributed by atoms with Crippen molar-refractivity contribution >= 4 is 11.8 Å². The average Bonchev–Trinajstić information content (AvgIpc) is 3.30. The van der Waals surface area contributed by atoms with Gasteiger partial charge in [0.25, 0.3) is 11.8 Å². The van der Waals surface area contributed by atoms with Gasteiger partial charge in [-0.1, -0.05) is 18.2 Å². The number of piperidine rings is 2. The highest BCUT2D eigenvalue weighted by Gasteiger charge is 2.45. The first-order valence-electron chi connectivity index (χ1n) is 10.5. The Kier molecular flexibility index (Phi) is 5.67. The lowest BCUT2D eigenvalue weighted by Crippen LogP contribution is -2.58. The van der Waals surface area contributed by atoms with E-state index >= 15 is 0 Å². The number of hydrogen-bond acceptors (Lipinski definition) is 4. The molecular weight excluding hydrogens is 366 g/mol. The van der Waals surface area contributed by atoms with Crippen molar-refractivity contribution < 1.29 is 9.59 Å². The molecular formula is C22H29N5O2. The Labute approximate surface area is 171 Å². The third-order valence-corrected chi connectivity index (χ3v) is 6.28. The number of rotatable bonds is 4. The van der Waals surface area contributed by atoms with E-state index in [9.17, 15) is 9.59 Å². The summed E-state index contributed by atoms with van der Waals surface area (Å²) in [6.45, 7) is 4.90. The predicted octanol–water partition coefficient (Wildman–Crippen LogP) is 1.69. The summed E-state index contributed by atoms with van der Waals surface area (Å²) in [6, 6.07) is 9.60. The van der Waals surface area contributed by atoms with Gasteiger partial charge < -0.3 is 15.5 Å². The van der Waals surface area contributed by atoms with Crippen LogP contribution in [0.1, 0.15) is 41.6 Å². The fourth-order valence-electron chi connectivity index (χ4n) is 4.52. The van der Waals surface area contributed by atoms with E-state index in [1.165, 1.54) is 0 Å². The van der Waals surface area contributed by atoms with Gasteiger partial charge in [-0.25, -0.2) is 0 Å². The molecule has 7 nitrogen and oxygen atoms in total. The minimum Gasteiger partial charge on any atom is -0.349 e. The molecule has 3 heterocycles. The van der Waals surface area contributed by atoms with Gasteiger partial charge in [-0.3, -0.25) is 14.3 Å². The minimum absolute atomic E-state index is 0.0285.